The molecule has 0 bridgehead atoms. The number of H-pyrrole nitrogens is 1. The van der Waals surface area contributed by atoms with Gasteiger partial charge in [0, 0.05) is 62.5 Å². The second-order valence-corrected chi connectivity index (χ2v) is 15.8. The minimum absolute atomic E-state index is 0.0760. The Morgan fingerprint density at radius 3 is 2.06 bits per heavy atom. The molecule has 328 valence electrons. The van der Waals surface area contributed by atoms with Crippen molar-refractivity contribution in [1.82, 2.24) is 15.4 Å². The van der Waals surface area contributed by atoms with Gasteiger partial charge in [-0.15, -0.1) is 0 Å². The summed E-state index contributed by atoms with van der Waals surface area (Å²) in [7, 11) is 0. The van der Waals surface area contributed by atoms with Crippen LogP contribution in [-0.2, 0) is 60.7 Å². The van der Waals surface area contributed by atoms with Gasteiger partial charge in [-0.2, -0.15) is 0 Å². The normalized spacial score (nSPS) is 19.2. The van der Waals surface area contributed by atoms with Crippen LogP contribution in [0, 0.1) is 12.8 Å². The molecule has 0 radical (unpaired) electrons. The average Bonchev–Trinajstić information content (AvgIpc) is 3.77. The van der Waals surface area contributed by atoms with Gasteiger partial charge < -0.3 is 33.6 Å². The molecule has 1 aliphatic carbocycles. The Morgan fingerprint density at radius 2 is 1.40 bits per heavy atom. The van der Waals surface area contributed by atoms with E-state index >= 15 is 0 Å². The topological polar surface area (TPSA) is 172 Å². The van der Waals surface area contributed by atoms with Crippen molar-refractivity contribution in [3.05, 3.63) is 137 Å². The van der Waals surface area contributed by atoms with E-state index in [0.29, 0.717) is 25.1 Å². The van der Waals surface area contributed by atoms with Crippen LogP contribution >= 0.6 is 0 Å². The highest BCUT2D eigenvalue weighted by Crippen LogP contribution is 2.44. The van der Waals surface area contributed by atoms with E-state index < -0.39 is 60.4 Å². The molecule has 1 aromatic heterocycles. The molecule has 14 heteroatoms. The van der Waals surface area contributed by atoms with Crippen molar-refractivity contribution in [2.45, 2.75) is 78.1 Å². The molecule has 2 aliphatic rings. The summed E-state index contributed by atoms with van der Waals surface area (Å²) in [6.07, 6.45) is -1.29. The Morgan fingerprint density at radius 1 is 0.762 bits per heavy atom. The molecule has 0 spiro atoms. The second-order valence-electron chi connectivity index (χ2n) is 15.8. The first-order valence-electron chi connectivity index (χ1n) is 20.9. The van der Waals surface area contributed by atoms with Gasteiger partial charge in [0.25, 0.3) is 5.91 Å². The number of rotatable bonds is 15. The number of hydrogen-bond acceptors (Lipinski definition) is 11. The van der Waals surface area contributed by atoms with Gasteiger partial charge in [0.2, 0.25) is 0 Å². The molecule has 1 fully saturated rings. The summed E-state index contributed by atoms with van der Waals surface area (Å²) in [6, 6.07) is 32.1. The number of carbonyl (C=O) groups excluding carboxylic acids is 5. The number of aryl methyl sites for hydroxylation is 1. The van der Waals surface area contributed by atoms with Crippen molar-refractivity contribution in [2.75, 3.05) is 19.8 Å². The van der Waals surface area contributed by atoms with Crippen molar-refractivity contribution >= 4 is 46.9 Å². The molecule has 2 N–H and O–H groups in total. The van der Waals surface area contributed by atoms with E-state index in [2.05, 4.69) is 40.8 Å². The number of aromatic nitrogens is 1. The minimum Gasteiger partial charge on any atom is -0.463 e. The number of carbonyl (C=O) groups is 5. The number of amides is 2. The lowest BCUT2D eigenvalue weighted by Crippen LogP contribution is -2.59. The molecular formula is C49H51N3O11. The first-order valence-corrected chi connectivity index (χ1v) is 20.9. The van der Waals surface area contributed by atoms with Crippen LogP contribution in [0.5, 0.6) is 0 Å². The number of benzene rings is 4. The number of hydrogen-bond donors (Lipinski definition) is 2. The first-order chi connectivity index (χ1) is 30.4. The van der Waals surface area contributed by atoms with Gasteiger partial charge >= 0.3 is 24.0 Å². The fourth-order valence-corrected chi connectivity index (χ4v) is 8.31. The molecule has 1 saturated heterocycles. The predicted molar refractivity (Wildman–Crippen MR) is 232 cm³/mol. The van der Waals surface area contributed by atoms with Crippen LogP contribution in [0.4, 0.5) is 4.79 Å². The Balaban J connectivity index is 1.00. The number of aromatic amines is 1. The largest absolute Gasteiger partial charge is 0.463 e. The summed E-state index contributed by atoms with van der Waals surface area (Å²) < 4.78 is 28.1. The van der Waals surface area contributed by atoms with E-state index in [1.54, 1.807) is 17.9 Å². The molecule has 1 aliphatic heterocycles. The molecular weight excluding hydrogens is 807 g/mol. The summed E-state index contributed by atoms with van der Waals surface area (Å²) in [5.74, 6) is -3.31. The zero-order valence-electron chi connectivity index (χ0n) is 35.8. The van der Waals surface area contributed by atoms with Crippen LogP contribution in [0.25, 0.3) is 28.1 Å². The van der Waals surface area contributed by atoms with Crippen molar-refractivity contribution in [2.24, 2.45) is 5.92 Å². The zero-order chi connectivity index (χ0) is 44.6. The van der Waals surface area contributed by atoms with Gasteiger partial charge in [0.15, 0.2) is 12.4 Å². The molecule has 5 atom stereocenters. The van der Waals surface area contributed by atoms with Crippen LogP contribution < -0.4 is 5.48 Å². The average molecular weight is 858 g/mol. The number of nitrogens with zero attached hydrogens (tertiary/aromatic N) is 1. The number of esters is 3. The summed E-state index contributed by atoms with van der Waals surface area (Å²) in [6.45, 7) is 7.87. The Labute approximate surface area is 365 Å². The number of ether oxygens (including phenoxy) is 5. The maximum absolute atomic E-state index is 14.0. The molecule has 14 nitrogen and oxygen atoms in total. The highest BCUT2D eigenvalue weighted by atomic mass is 16.8. The van der Waals surface area contributed by atoms with E-state index in [9.17, 15) is 24.0 Å². The molecule has 2 heterocycles. The van der Waals surface area contributed by atoms with E-state index in [0.717, 1.165) is 50.0 Å². The lowest BCUT2D eigenvalue weighted by Gasteiger charge is -2.43. The molecule has 4 aromatic carbocycles. The van der Waals surface area contributed by atoms with Crippen LogP contribution in [0.15, 0.2) is 103 Å². The van der Waals surface area contributed by atoms with E-state index in [4.69, 9.17) is 28.5 Å². The quantitative estimate of drug-likeness (QED) is 0.0468. The number of nitrogens with one attached hydrogen (secondary N) is 2. The van der Waals surface area contributed by atoms with Crippen LogP contribution in [0.1, 0.15) is 67.1 Å². The fourth-order valence-electron chi connectivity index (χ4n) is 8.31. The van der Waals surface area contributed by atoms with Crippen molar-refractivity contribution in [1.29, 1.82) is 0 Å². The third-order valence-electron chi connectivity index (χ3n) is 11.3. The van der Waals surface area contributed by atoms with Crippen LogP contribution in [0.3, 0.4) is 0 Å². The lowest BCUT2D eigenvalue weighted by molar-refractivity contribution is -0.300. The Kier molecular flexibility index (Phi) is 14.0. The monoisotopic (exact) mass is 857 g/mol. The van der Waals surface area contributed by atoms with E-state index in [1.807, 2.05) is 73.7 Å². The predicted octanol–water partition coefficient (Wildman–Crippen LogP) is 7.32. The number of hydroxylamine groups is 1. The second kappa shape index (κ2) is 20.0. The lowest BCUT2D eigenvalue weighted by atomic mass is 9.92. The smallest absolute Gasteiger partial charge is 0.410 e. The van der Waals surface area contributed by atoms with E-state index in [-0.39, 0.29) is 19.1 Å². The molecule has 2 amide bonds. The highest BCUT2D eigenvalue weighted by molar-refractivity contribution is 5.91. The van der Waals surface area contributed by atoms with Crippen molar-refractivity contribution in [3.8, 4) is 11.1 Å². The number of para-hydroxylation sites is 1. The fraction of sp³-hybridized carbons (Fsp3) is 0.327. The van der Waals surface area contributed by atoms with Crippen molar-refractivity contribution < 1.29 is 52.5 Å². The van der Waals surface area contributed by atoms with Gasteiger partial charge in [0.1, 0.15) is 25.4 Å². The standard InChI is InChI=1S/C49H51N3O11/c1-29-46(60-32(4)54)47(61-33(5)55)44(28-58-31(3)53)62-48(29)63-51-45(56)23-22-34-18-20-35(21-19-34)26-52(25-24-36-30(2)50-43-17-11-10-16-41(36)43)49(57)59-27-42-39-14-8-6-12-37(39)38-13-7-9-15-40(38)42/h6-23,29,42,44,46-48,50H,24-28H2,1-5H3,(H,51,56)/b23-22+/t29-,44-,46-,47+,48+/m1/s1. The SMILES string of the molecule is CC(=O)OC[C@H]1O[C@@H](ONC(=O)/C=C/c2ccc(CN(CCc3c(C)[nH]c4ccccc34)C(=O)OCC3c4ccccc4-c4ccccc43)cc2)[C@H](C)[C@@H](OC(C)=O)[C@H]1OC(C)=O. The van der Waals surface area contributed by atoms with E-state index in [1.165, 1.54) is 26.8 Å². The maximum Gasteiger partial charge on any atom is 0.410 e. The van der Waals surface area contributed by atoms with Gasteiger partial charge in [-0.05, 0) is 64.4 Å². The highest BCUT2D eigenvalue weighted by Gasteiger charge is 2.49. The summed E-state index contributed by atoms with van der Waals surface area (Å²) in [5, 5.41) is 1.12. The molecule has 63 heavy (non-hydrogen) atoms. The van der Waals surface area contributed by atoms with Gasteiger partial charge in [-0.3, -0.25) is 19.2 Å². The Hall–Kier alpha value is -6.77. The molecule has 7 rings (SSSR count). The summed E-state index contributed by atoms with van der Waals surface area (Å²) in [4.78, 5) is 73.2. The van der Waals surface area contributed by atoms with Gasteiger partial charge in [0.05, 0.1) is 5.92 Å². The minimum atomic E-state index is -1.17. The van der Waals surface area contributed by atoms with Crippen LogP contribution in [-0.4, -0.2) is 84.2 Å². The number of fused-ring (bicyclic) bond motifs is 4. The van der Waals surface area contributed by atoms with Gasteiger partial charge in [-0.25, -0.2) is 15.1 Å². The summed E-state index contributed by atoms with van der Waals surface area (Å²) >= 11 is 0. The maximum atomic E-state index is 14.0. The van der Waals surface area contributed by atoms with Crippen LogP contribution in [0.2, 0.25) is 0 Å². The Bertz CT molecular complexity index is 2450. The van der Waals surface area contributed by atoms with Crippen molar-refractivity contribution in [3.63, 3.8) is 0 Å². The molecule has 0 unspecified atom stereocenters. The van der Waals surface area contributed by atoms with Gasteiger partial charge in [-0.1, -0.05) is 97.9 Å². The summed E-state index contributed by atoms with van der Waals surface area (Å²) in [5.41, 5.74) is 11.7. The third kappa shape index (κ3) is 10.6. The zero-order valence-corrected chi connectivity index (χ0v) is 35.8. The molecule has 0 saturated carbocycles. The third-order valence-corrected chi connectivity index (χ3v) is 11.3. The first kappa shape index (κ1) is 44.3. The molecule has 5 aromatic rings.